The summed E-state index contributed by atoms with van der Waals surface area (Å²) < 4.78 is 0. The first kappa shape index (κ1) is 5.33. The van der Waals surface area contributed by atoms with E-state index in [4.69, 9.17) is 5.26 Å². The summed E-state index contributed by atoms with van der Waals surface area (Å²) >= 11 is 0. The minimum atomic E-state index is 0.0648. The van der Waals surface area contributed by atoms with Crippen LogP contribution < -0.4 is 5.32 Å². The zero-order valence-electron chi connectivity index (χ0n) is 4.65. The first-order chi connectivity index (χ1) is 3.84. The van der Waals surface area contributed by atoms with Gasteiger partial charge >= 0.3 is 0 Å². The SMILES string of the molecule is C=C1CNCC1C#N. The molecule has 8 heavy (non-hydrogen) atoms. The van der Waals surface area contributed by atoms with Crippen LogP contribution >= 0.6 is 0 Å². The summed E-state index contributed by atoms with van der Waals surface area (Å²) in [5.74, 6) is 0.0648. The van der Waals surface area contributed by atoms with E-state index in [-0.39, 0.29) is 5.92 Å². The number of nitrogens with zero attached hydrogens (tertiary/aromatic N) is 1. The van der Waals surface area contributed by atoms with Gasteiger partial charge in [0.05, 0.1) is 12.0 Å². The van der Waals surface area contributed by atoms with E-state index < -0.39 is 0 Å². The molecule has 0 bridgehead atoms. The van der Waals surface area contributed by atoms with Crippen LogP contribution in [0.25, 0.3) is 0 Å². The second-order valence-electron chi connectivity index (χ2n) is 1.97. The van der Waals surface area contributed by atoms with Crippen molar-refractivity contribution in [2.24, 2.45) is 5.92 Å². The van der Waals surface area contributed by atoms with Crippen LogP contribution in [0, 0.1) is 17.2 Å². The number of hydrogen-bond acceptors (Lipinski definition) is 2. The lowest BCUT2D eigenvalue weighted by Gasteiger charge is -1.92. The van der Waals surface area contributed by atoms with Crippen molar-refractivity contribution in [3.63, 3.8) is 0 Å². The fourth-order valence-electron chi connectivity index (χ4n) is 0.782. The molecule has 1 fully saturated rings. The molecule has 1 heterocycles. The summed E-state index contributed by atoms with van der Waals surface area (Å²) in [5.41, 5.74) is 1.02. The standard InChI is InChI=1S/C6H8N2/c1-5-3-8-4-6(5)2-7/h6,8H,1,3-4H2. The van der Waals surface area contributed by atoms with Crippen molar-refractivity contribution in [2.75, 3.05) is 13.1 Å². The highest BCUT2D eigenvalue weighted by atomic mass is 14.9. The van der Waals surface area contributed by atoms with E-state index in [1.165, 1.54) is 0 Å². The first-order valence-corrected chi connectivity index (χ1v) is 2.62. The fraction of sp³-hybridized carbons (Fsp3) is 0.500. The van der Waals surface area contributed by atoms with E-state index in [0.29, 0.717) is 0 Å². The van der Waals surface area contributed by atoms with Crippen molar-refractivity contribution < 1.29 is 0 Å². The Morgan fingerprint density at radius 3 is 2.88 bits per heavy atom. The Balaban J connectivity index is 2.58. The van der Waals surface area contributed by atoms with E-state index in [1.807, 2.05) is 0 Å². The molecular formula is C6H8N2. The van der Waals surface area contributed by atoms with Crippen LogP contribution in [-0.2, 0) is 0 Å². The number of rotatable bonds is 0. The van der Waals surface area contributed by atoms with Gasteiger partial charge in [-0.25, -0.2) is 0 Å². The second kappa shape index (κ2) is 1.97. The monoisotopic (exact) mass is 108 g/mol. The summed E-state index contributed by atoms with van der Waals surface area (Å²) in [4.78, 5) is 0. The van der Waals surface area contributed by atoms with Gasteiger partial charge in [-0.15, -0.1) is 0 Å². The zero-order valence-corrected chi connectivity index (χ0v) is 4.65. The van der Waals surface area contributed by atoms with E-state index in [2.05, 4.69) is 18.0 Å². The predicted molar refractivity (Wildman–Crippen MR) is 31.1 cm³/mol. The highest BCUT2D eigenvalue weighted by molar-refractivity contribution is 5.16. The maximum absolute atomic E-state index is 8.39. The van der Waals surface area contributed by atoms with E-state index >= 15 is 0 Å². The molecule has 0 aromatic heterocycles. The summed E-state index contributed by atoms with van der Waals surface area (Å²) in [6.07, 6.45) is 0. The van der Waals surface area contributed by atoms with E-state index in [1.54, 1.807) is 0 Å². The molecule has 0 spiro atoms. The molecule has 0 aromatic carbocycles. The van der Waals surface area contributed by atoms with Crippen LogP contribution in [-0.4, -0.2) is 13.1 Å². The van der Waals surface area contributed by atoms with Gasteiger partial charge in [0.15, 0.2) is 0 Å². The van der Waals surface area contributed by atoms with Crippen molar-refractivity contribution in [1.82, 2.24) is 5.32 Å². The first-order valence-electron chi connectivity index (χ1n) is 2.62. The predicted octanol–water partition coefficient (Wildman–Crippen LogP) is 0.286. The van der Waals surface area contributed by atoms with Crippen molar-refractivity contribution >= 4 is 0 Å². The van der Waals surface area contributed by atoms with Gasteiger partial charge in [-0.2, -0.15) is 5.26 Å². The van der Waals surface area contributed by atoms with Gasteiger partial charge < -0.3 is 5.32 Å². The molecular weight excluding hydrogens is 100 g/mol. The van der Waals surface area contributed by atoms with E-state index in [0.717, 1.165) is 18.7 Å². The minimum Gasteiger partial charge on any atom is -0.311 e. The molecule has 0 aliphatic carbocycles. The lowest BCUT2D eigenvalue weighted by Crippen LogP contribution is -2.07. The van der Waals surface area contributed by atoms with Crippen molar-refractivity contribution in [1.29, 1.82) is 5.26 Å². The van der Waals surface area contributed by atoms with Gasteiger partial charge in [0.2, 0.25) is 0 Å². The molecule has 1 N–H and O–H groups in total. The Morgan fingerprint density at radius 2 is 2.62 bits per heavy atom. The largest absolute Gasteiger partial charge is 0.311 e. The fourth-order valence-corrected chi connectivity index (χ4v) is 0.782. The minimum absolute atomic E-state index is 0.0648. The van der Waals surface area contributed by atoms with Crippen LogP contribution in [0.1, 0.15) is 0 Å². The highest BCUT2D eigenvalue weighted by Crippen LogP contribution is 2.10. The summed E-state index contributed by atoms with van der Waals surface area (Å²) in [7, 11) is 0. The molecule has 0 saturated carbocycles. The van der Waals surface area contributed by atoms with Crippen LogP contribution in [0.3, 0.4) is 0 Å². The molecule has 0 amide bonds. The number of nitrogens with one attached hydrogen (secondary N) is 1. The normalized spacial score (nSPS) is 27.9. The molecule has 0 radical (unpaired) electrons. The van der Waals surface area contributed by atoms with E-state index in [9.17, 15) is 0 Å². The maximum atomic E-state index is 8.39. The van der Waals surface area contributed by atoms with Crippen molar-refractivity contribution in [3.8, 4) is 6.07 Å². The Bertz CT molecular complexity index is 143. The lowest BCUT2D eigenvalue weighted by atomic mass is 10.1. The molecule has 2 nitrogen and oxygen atoms in total. The van der Waals surface area contributed by atoms with Gasteiger partial charge in [0.1, 0.15) is 0 Å². The highest BCUT2D eigenvalue weighted by Gasteiger charge is 2.16. The van der Waals surface area contributed by atoms with Crippen LogP contribution in [0.4, 0.5) is 0 Å². The average molecular weight is 108 g/mol. The van der Waals surface area contributed by atoms with Gasteiger partial charge in [0.25, 0.3) is 0 Å². The third-order valence-electron chi connectivity index (χ3n) is 1.35. The Kier molecular flexibility index (Phi) is 1.32. The molecule has 1 unspecified atom stereocenters. The van der Waals surface area contributed by atoms with Crippen molar-refractivity contribution in [2.45, 2.75) is 0 Å². The molecule has 1 rings (SSSR count). The van der Waals surface area contributed by atoms with Gasteiger partial charge in [-0.3, -0.25) is 0 Å². The second-order valence-corrected chi connectivity index (χ2v) is 1.97. The van der Waals surface area contributed by atoms with Gasteiger partial charge in [-0.1, -0.05) is 6.58 Å². The molecule has 42 valence electrons. The quantitative estimate of drug-likeness (QED) is 0.452. The molecule has 2 heteroatoms. The maximum Gasteiger partial charge on any atom is 0.0807 e. The van der Waals surface area contributed by atoms with Crippen LogP contribution in [0.15, 0.2) is 12.2 Å². The van der Waals surface area contributed by atoms with Crippen LogP contribution in [0.5, 0.6) is 0 Å². The summed E-state index contributed by atoms with van der Waals surface area (Å²) in [5, 5.41) is 11.4. The molecule has 1 aliphatic heterocycles. The Morgan fingerprint density at radius 1 is 1.88 bits per heavy atom. The van der Waals surface area contributed by atoms with Crippen molar-refractivity contribution in [3.05, 3.63) is 12.2 Å². The van der Waals surface area contributed by atoms with Gasteiger partial charge in [0, 0.05) is 13.1 Å². The average Bonchev–Trinajstić information content (AvgIpc) is 2.14. The number of hydrogen-bond donors (Lipinski definition) is 1. The smallest absolute Gasteiger partial charge is 0.0807 e. The topological polar surface area (TPSA) is 35.8 Å². The Hall–Kier alpha value is -0.810. The third kappa shape index (κ3) is 0.728. The third-order valence-corrected chi connectivity index (χ3v) is 1.35. The Labute approximate surface area is 48.8 Å². The molecule has 1 saturated heterocycles. The van der Waals surface area contributed by atoms with Crippen LogP contribution in [0.2, 0.25) is 0 Å². The summed E-state index contributed by atoms with van der Waals surface area (Å²) in [6, 6.07) is 2.15. The molecule has 1 aliphatic rings. The number of nitriles is 1. The molecule has 1 atom stereocenters. The zero-order chi connectivity index (χ0) is 5.98. The molecule has 0 aromatic rings. The summed E-state index contributed by atoms with van der Waals surface area (Å²) in [6.45, 7) is 5.33. The lowest BCUT2D eigenvalue weighted by molar-refractivity contribution is 0.789. The van der Waals surface area contributed by atoms with Gasteiger partial charge in [-0.05, 0) is 5.57 Å².